The van der Waals surface area contributed by atoms with E-state index >= 15 is 0 Å². The van der Waals surface area contributed by atoms with Crippen LogP contribution < -0.4 is 5.32 Å². The lowest BCUT2D eigenvalue weighted by atomic mass is 9.95. The molecule has 0 radical (unpaired) electrons. The van der Waals surface area contributed by atoms with Crippen molar-refractivity contribution < 1.29 is 14.3 Å². The van der Waals surface area contributed by atoms with Crippen molar-refractivity contribution >= 4 is 51.6 Å². The Morgan fingerprint density at radius 2 is 1.96 bits per heavy atom. The smallest absolute Gasteiger partial charge is 0.341 e. The van der Waals surface area contributed by atoms with Crippen molar-refractivity contribution in [1.82, 2.24) is 0 Å². The topological polar surface area (TPSA) is 55.4 Å². The molecule has 138 valence electrons. The van der Waals surface area contributed by atoms with Gasteiger partial charge >= 0.3 is 5.97 Å². The molecule has 1 aromatic carbocycles. The number of esters is 1. The van der Waals surface area contributed by atoms with E-state index in [1.165, 1.54) is 28.0 Å². The van der Waals surface area contributed by atoms with E-state index in [9.17, 15) is 9.59 Å². The van der Waals surface area contributed by atoms with Crippen LogP contribution in [-0.4, -0.2) is 24.2 Å². The number of amides is 1. The molecule has 0 fully saturated rings. The second kappa shape index (κ2) is 8.93. The molecule has 3 rings (SSSR count). The van der Waals surface area contributed by atoms with Crippen molar-refractivity contribution in [2.75, 3.05) is 17.7 Å². The van der Waals surface area contributed by atoms with Gasteiger partial charge in [0.15, 0.2) is 0 Å². The quantitative estimate of drug-likeness (QED) is 0.527. The standard InChI is InChI=1S/C19H20ClNO3S2/c1-2-24-19(23)17-14-5-3-4-6-15(14)26-18(17)21-16(22)11-25-13-9-7-12(20)8-10-13/h7-10H,2-6,11H2,1H3,(H,21,22). The van der Waals surface area contributed by atoms with Crippen LogP contribution in [0.4, 0.5) is 5.00 Å². The van der Waals surface area contributed by atoms with E-state index in [4.69, 9.17) is 16.3 Å². The highest BCUT2D eigenvalue weighted by Gasteiger charge is 2.27. The van der Waals surface area contributed by atoms with Crippen molar-refractivity contribution in [1.29, 1.82) is 0 Å². The lowest BCUT2D eigenvalue weighted by molar-refractivity contribution is -0.113. The molecule has 26 heavy (non-hydrogen) atoms. The van der Waals surface area contributed by atoms with Gasteiger partial charge in [-0.05, 0) is 62.4 Å². The Labute approximate surface area is 166 Å². The van der Waals surface area contributed by atoms with E-state index in [-0.39, 0.29) is 17.6 Å². The molecule has 2 aromatic rings. The Balaban J connectivity index is 1.71. The Morgan fingerprint density at radius 1 is 1.23 bits per heavy atom. The number of thioether (sulfide) groups is 1. The van der Waals surface area contributed by atoms with Crippen molar-refractivity contribution in [3.8, 4) is 0 Å². The summed E-state index contributed by atoms with van der Waals surface area (Å²) in [6.45, 7) is 2.11. The fourth-order valence-corrected chi connectivity index (χ4v) is 5.03. The molecule has 1 amide bonds. The Kier molecular flexibility index (Phi) is 6.62. The van der Waals surface area contributed by atoms with Crippen LogP contribution in [0.3, 0.4) is 0 Å². The Hall–Kier alpha value is -1.50. The summed E-state index contributed by atoms with van der Waals surface area (Å²) in [5.74, 6) is -0.200. The van der Waals surface area contributed by atoms with Gasteiger partial charge in [-0.3, -0.25) is 4.79 Å². The summed E-state index contributed by atoms with van der Waals surface area (Å²) in [5.41, 5.74) is 1.61. The van der Waals surface area contributed by atoms with E-state index in [1.807, 2.05) is 12.1 Å². The van der Waals surface area contributed by atoms with Gasteiger partial charge in [0.05, 0.1) is 17.9 Å². The molecule has 1 N–H and O–H groups in total. The maximum atomic E-state index is 12.4. The maximum Gasteiger partial charge on any atom is 0.341 e. The number of fused-ring (bicyclic) bond motifs is 1. The molecule has 0 saturated carbocycles. The summed E-state index contributed by atoms with van der Waals surface area (Å²) in [7, 11) is 0. The van der Waals surface area contributed by atoms with E-state index in [0.717, 1.165) is 36.1 Å². The summed E-state index contributed by atoms with van der Waals surface area (Å²) in [4.78, 5) is 27.0. The zero-order valence-electron chi connectivity index (χ0n) is 14.5. The molecule has 0 saturated heterocycles. The third-order valence-electron chi connectivity index (χ3n) is 4.09. The highest BCUT2D eigenvalue weighted by Crippen LogP contribution is 2.38. The average molecular weight is 410 g/mol. The first-order chi connectivity index (χ1) is 12.6. The number of benzene rings is 1. The van der Waals surface area contributed by atoms with Gasteiger partial charge < -0.3 is 10.1 Å². The molecule has 0 aliphatic heterocycles. The number of carbonyl (C=O) groups excluding carboxylic acids is 2. The molecule has 4 nitrogen and oxygen atoms in total. The van der Waals surface area contributed by atoms with Crippen LogP contribution in [0.25, 0.3) is 0 Å². The first kappa shape index (κ1) is 19.3. The highest BCUT2D eigenvalue weighted by molar-refractivity contribution is 8.00. The number of anilines is 1. The van der Waals surface area contributed by atoms with Gasteiger partial charge in [0.25, 0.3) is 0 Å². The summed E-state index contributed by atoms with van der Waals surface area (Å²) in [5, 5.41) is 4.21. The van der Waals surface area contributed by atoms with Gasteiger partial charge in [0, 0.05) is 14.8 Å². The minimum Gasteiger partial charge on any atom is -0.462 e. The van der Waals surface area contributed by atoms with Gasteiger partial charge in [-0.2, -0.15) is 0 Å². The molecular formula is C19H20ClNO3S2. The van der Waals surface area contributed by atoms with Crippen LogP contribution >= 0.6 is 34.7 Å². The Morgan fingerprint density at radius 3 is 2.69 bits per heavy atom. The number of hydrogen-bond acceptors (Lipinski definition) is 5. The van der Waals surface area contributed by atoms with E-state index in [2.05, 4.69) is 5.32 Å². The van der Waals surface area contributed by atoms with E-state index in [0.29, 0.717) is 22.2 Å². The van der Waals surface area contributed by atoms with Gasteiger partial charge in [-0.15, -0.1) is 23.1 Å². The molecular weight excluding hydrogens is 390 g/mol. The van der Waals surface area contributed by atoms with Crippen LogP contribution in [0.5, 0.6) is 0 Å². The van der Waals surface area contributed by atoms with Gasteiger partial charge in [-0.25, -0.2) is 4.79 Å². The van der Waals surface area contributed by atoms with Crippen molar-refractivity contribution in [2.24, 2.45) is 0 Å². The summed E-state index contributed by atoms with van der Waals surface area (Å²) < 4.78 is 5.21. The largest absolute Gasteiger partial charge is 0.462 e. The summed E-state index contributed by atoms with van der Waals surface area (Å²) in [6, 6.07) is 7.37. The number of ether oxygens (including phenoxy) is 1. The first-order valence-corrected chi connectivity index (χ1v) is 10.8. The lowest BCUT2D eigenvalue weighted by Gasteiger charge is -2.12. The van der Waals surface area contributed by atoms with Crippen molar-refractivity contribution in [2.45, 2.75) is 37.5 Å². The van der Waals surface area contributed by atoms with Crippen LogP contribution in [0.1, 0.15) is 40.6 Å². The van der Waals surface area contributed by atoms with Crippen LogP contribution in [-0.2, 0) is 22.4 Å². The maximum absolute atomic E-state index is 12.4. The van der Waals surface area contributed by atoms with Crippen LogP contribution in [0.2, 0.25) is 5.02 Å². The summed E-state index contributed by atoms with van der Waals surface area (Å²) >= 11 is 8.82. The molecule has 1 aromatic heterocycles. The number of hydrogen-bond donors (Lipinski definition) is 1. The molecule has 1 heterocycles. The molecule has 1 aliphatic rings. The molecule has 0 bridgehead atoms. The van der Waals surface area contributed by atoms with Gasteiger partial charge in [-0.1, -0.05) is 11.6 Å². The molecule has 1 aliphatic carbocycles. The van der Waals surface area contributed by atoms with Gasteiger partial charge in [0.2, 0.25) is 5.91 Å². The molecule has 7 heteroatoms. The van der Waals surface area contributed by atoms with Crippen molar-refractivity contribution in [3.63, 3.8) is 0 Å². The minimum atomic E-state index is -0.340. The third-order valence-corrected chi connectivity index (χ3v) is 6.56. The number of thiophene rings is 1. The zero-order chi connectivity index (χ0) is 18.5. The fraction of sp³-hybridized carbons (Fsp3) is 0.368. The Bertz CT molecular complexity index is 802. The average Bonchev–Trinajstić information content (AvgIpc) is 2.99. The number of aryl methyl sites for hydroxylation is 1. The summed E-state index contributed by atoms with van der Waals surface area (Å²) in [6.07, 6.45) is 4.02. The fourth-order valence-electron chi connectivity index (χ4n) is 2.92. The first-order valence-electron chi connectivity index (χ1n) is 8.58. The molecule has 0 spiro atoms. The second-order valence-electron chi connectivity index (χ2n) is 5.93. The predicted molar refractivity (Wildman–Crippen MR) is 108 cm³/mol. The monoisotopic (exact) mass is 409 g/mol. The molecule has 0 unspecified atom stereocenters. The normalized spacial score (nSPS) is 13.2. The number of carbonyl (C=O) groups is 2. The second-order valence-corrected chi connectivity index (χ2v) is 8.52. The van der Waals surface area contributed by atoms with Crippen molar-refractivity contribution in [3.05, 3.63) is 45.3 Å². The van der Waals surface area contributed by atoms with Gasteiger partial charge in [0.1, 0.15) is 5.00 Å². The minimum absolute atomic E-state index is 0.130. The zero-order valence-corrected chi connectivity index (χ0v) is 16.9. The lowest BCUT2D eigenvalue weighted by Crippen LogP contribution is -2.17. The number of nitrogens with one attached hydrogen (secondary N) is 1. The molecule has 0 atom stereocenters. The van der Waals surface area contributed by atoms with E-state index in [1.54, 1.807) is 19.1 Å². The van der Waals surface area contributed by atoms with Crippen LogP contribution in [0, 0.1) is 0 Å². The third kappa shape index (κ3) is 4.61. The highest BCUT2D eigenvalue weighted by atomic mass is 35.5. The number of halogens is 1. The SMILES string of the molecule is CCOC(=O)c1c(NC(=O)CSc2ccc(Cl)cc2)sc2c1CCCC2. The number of rotatable bonds is 6. The van der Waals surface area contributed by atoms with E-state index < -0.39 is 0 Å². The predicted octanol–water partition coefficient (Wildman–Crippen LogP) is 5.19. The van der Waals surface area contributed by atoms with Crippen LogP contribution in [0.15, 0.2) is 29.2 Å².